The molecule has 8 atom stereocenters. The first-order valence-corrected chi connectivity index (χ1v) is 18.5. The van der Waals surface area contributed by atoms with E-state index in [0.717, 1.165) is 10.9 Å². The number of halogens is 1. The van der Waals surface area contributed by atoms with Gasteiger partial charge in [0.15, 0.2) is 46.9 Å². The molecule has 0 aromatic carbocycles. The number of nitrogens with two attached hydrogens (primary N) is 2. The molecule has 4 aromatic heterocycles. The number of aliphatic hydroxyl groups is 1. The molecule has 9 N–H and O–H groups in total. The lowest BCUT2D eigenvalue weighted by Gasteiger charge is -2.28. The molecule has 6 heterocycles. The predicted molar refractivity (Wildman–Crippen MR) is 165 cm³/mol. The van der Waals surface area contributed by atoms with Gasteiger partial charge >= 0.3 is 13.4 Å². The van der Waals surface area contributed by atoms with Crippen LogP contribution in [0.1, 0.15) is 18.9 Å². The number of terminal acetylenes is 1. The lowest BCUT2D eigenvalue weighted by atomic mass is 10.0. The Hall–Kier alpha value is -3.07. The van der Waals surface area contributed by atoms with Crippen molar-refractivity contribution in [3.8, 4) is 12.3 Å². The molecule has 2 aliphatic heterocycles. The first-order valence-electron chi connectivity index (χ1n) is 13.2. The fraction of sp³-hybridized carbons (Fsp3) is 0.455. The Morgan fingerprint density at radius 3 is 2.53 bits per heavy atom. The van der Waals surface area contributed by atoms with Crippen LogP contribution in [0.15, 0.2) is 23.8 Å². The largest absolute Gasteiger partial charge is 0.388 e. The van der Waals surface area contributed by atoms with E-state index >= 15 is 4.39 Å². The van der Waals surface area contributed by atoms with Crippen LogP contribution in [-0.4, -0.2) is 102 Å². The summed E-state index contributed by atoms with van der Waals surface area (Å²) in [6, 6.07) is 0. The summed E-state index contributed by atoms with van der Waals surface area (Å²) in [5.41, 5.74) is 9.37. The van der Waals surface area contributed by atoms with Crippen LogP contribution in [0, 0.1) is 12.3 Å². The van der Waals surface area contributed by atoms with Crippen molar-refractivity contribution in [3.05, 3.63) is 29.3 Å². The molecule has 0 spiro atoms. The highest BCUT2D eigenvalue weighted by atomic mass is 32.5. The minimum Gasteiger partial charge on any atom is -0.388 e. The molecule has 20 nitrogen and oxygen atoms in total. The van der Waals surface area contributed by atoms with Gasteiger partial charge in [-0.1, -0.05) is 5.92 Å². The molecule has 6 rings (SSSR count). The number of hydrogen-bond acceptors (Lipinski definition) is 16. The lowest BCUT2D eigenvalue weighted by molar-refractivity contribution is -0.0794. The smallest absolute Gasteiger partial charge is 0.325 e. The molecular formula is C22H25FN10O10P2S2. The summed E-state index contributed by atoms with van der Waals surface area (Å²) in [5, 5.41) is 10.9. The SMILES string of the molecule is C#C[C@@]1(COP(O)(=S)OC2[C@H](n3cnc4c(=O)[nH]c(N)nc43)O[C@H](COP(O)(O)=S)[C@H]2F)C[C@@H](O)[C@H](n2cnc3c(N)ncnc32)O1. The maximum atomic E-state index is 15.9. The van der Waals surface area contributed by atoms with E-state index in [1.54, 1.807) is 0 Å². The number of alkyl halides is 1. The Balaban J connectivity index is 1.23. The van der Waals surface area contributed by atoms with Crippen LogP contribution < -0.4 is 17.0 Å². The summed E-state index contributed by atoms with van der Waals surface area (Å²) in [6.45, 7) is -10.0. The standard InChI is InChI=1S/C22H25FN10O10P2S2/c1-2-22(3-9(34)19(42-22)32-7-28-12-15(24)26-6-27-16(12)32)5-40-45(38,47)43-14-11(23)10(4-39-44(36,37)46)41-20(14)33-8-29-13-17(33)30-21(25)31-18(13)35/h1,6-11,14,19-20,34H,3-5H2,(H,38,47)(H2,24,26,27)(H2,36,37,46)(H3,25,30,31,35)/t9-,10-,11-,14?,19-,20-,22+,45?/m1/s1. The third-order valence-electron chi connectivity index (χ3n) is 7.25. The molecule has 4 aromatic rings. The number of aromatic amines is 1. The molecule has 47 heavy (non-hydrogen) atoms. The van der Waals surface area contributed by atoms with E-state index in [2.05, 4.69) is 47.6 Å². The summed E-state index contributed by atoms with van der Waals surface area (Å²) in [4.78, 5) is 64.8. The van der Waals surface area contributed by atoms with E-state index in [9.17, 15) is 24.6 Å². The molecule has 2 aliphatic rings. The Morgan fingerprint density at radius 1 is 1.13 bits per heavy atom. The van der Waals surface area contributed by atoms with Crippen molar-refractivity contribution in [1.82, 2.24) is 39.0 Å². The summed E-state index contributed by atoms with van der Waals surface area (Å²) in [5.74, 6) is 2.22. The zero-order chi connectivity index (χ0) is 33.9. The van der Waals surface area contributed by atoms with Gasteiger partial charge in [0.1, 0.15) is 30.2 Å². The van der Waals surface area contributed by atoms with Crippen molar-refractivity contribution < 1.29 is 47.2 Å². The normalized spacial score (nSPS) is 29.4. The summed E-state index contributed by atoms with van der Waals surface area (Å²) < 4.78 is 46.0. The van der Waals surface area contributed by atoms with Crippen molar-refractivity contribution in [3.63, 3.8) is 0 Å². The van der Waals surface area contributed by atoms with Gasteiger partial charge < -0.3 is 49.8 Å². The number of nitrogens with one attached hydrogen (secondary N) is 1. The number of hydrogen-bond donors (Lipinski definition) is 7. The van der Waals surface area contributed by atoms with Crippen molar-refractivity contribution in [2.75, 3.05) is 24.7 Å². The maximum Gasteiger partial charge on any atom is 0.325 e. The lowest BCUT2D eigenvalue weighted by Crippen LogP contribution is -2.34. The molecule has 252 valence electrons. The van der Waals surface area contributed by atoms with Gasteiger partial charge in [0, 0.05) is 6.42 Å². The van der Waals surface area contributed by atoms with Gasteiger partial charge in [-0.25, -0.2) is 24.3 Å². The quantitative estimate of drug-likeness (QED) is 0.0748. The Kier molecular flexibility index (Phi) is 8.94. The van der Waals surface area contributed by atoms with Crippen LogP contribution >= 0.6 is 13.4 Å². The second-order valence-corrected chi connectivity index (χ2v) is 15.8. The second-order valence-electron chi connectivity index (χ2n) is 10.4. The van der Waals surface area contributed by atoms with E-state index in [1.165, 1.54) is 17.2 Å². The van der Waals surface area contributed by atoms with Crippen LogP contribution in [-0.2, 0) is 46.7 Å². The Labute approximate surface area is 272 Å². The number of nitrogens with zero attached hydrogens (tertiary/aromatic N) is 7. The van der Waals surface area contributed by atoms with Gasteiger partial charge in [0.2, 0.25) is 5.95 Å². The van der Waals surface area contributed by atoms with Gasteiger partial charge in [0.25, 0.3) is 5.56 Å². The third kappa shape index (κ3) is 6.66. The van der Waals surface area contributed by atoms with Crippen molar-refractivity contribution >= 4 is 71.1 Å². The van der Waals surface area contributed by atoms with Gasteiger partial charge in [-0.3, -0.25) is 23.4 Å². The van der Waals surface area contributed by atoms with E-state index < -0.39 is 74.8 Å². The summed E-state index contributed by atoms with van der Waals surface area (Å²) in [7, 11) is 0. The molecule has 2 saturated heterocycles. The van der Waals surface area contributed by atoms with Gasteiger partial charge in [-0.2, -0.15) is 4.98 Å². The predicted octanol–water partition coefficient (Wildman–Crippen LogP) is -1.14. The number of aliphatic hydroxyl groups excluding tert-OH is 1. The maximum absolute atomic E-state index is 15.9. The van der Waals surface area contributed by atoms with Gasteiger partial charge in [0.05, 0.1) is 25.9 Å². The van der Waals surface area contributed by atoms with Crippen LogP contribution in [0.3, 0.4) is 0 Å². The molecule has 2 fully saturated rings. The Morgan fingerprint density at radius 2 is 1.83 bits per heavy atom. The first-order chi connectivity index (χ1) is 22.1. The topological polar surface area (TPSA) is 286 Å². The molecule has 0 amide bonds. The van der Waals surface area contributed by atoms with E-state index in [4.69, 9.17) is 52.7 Å². The first kappa shape index (κ1) is 33.8. The zero-order valence-electron chi connectivity index (χ0n) is 23.5. The minimum atomic E-state index is -4.43. The van der Waals surface area contributed by atoms with E-state index in [-0.39, 0.29) is 40.5 Å². The minimum absolute atomic E-state index is 0.104. The average molecular weight is 735 g/mol. The monoisotopic (exact) mass is 734 g/mol. The number of anilines is 2. The van der Waals surface area contributed by atoms with Crippen LogP contribution in [0.2, 0.25) is 0 Å². The van der Waals surface area contributed by atoms with Crippen molar-refractivity contribution in [2.24, 2.45) is 0 Å². The molecule has 2 unspecified atom stereocenters. The fourth-order valence-electron chi connectivity index (χ4n) is 5.16. The van der Waals surface area contributed by atoms with Crippen molar-refractivity contribution in [2.45, 2.75) is 49.0 Å². The zero-order valence-corrected chi connectivity index (χ0v) is 26.9. The molecule has 0 bridgehead atoms. The number of rotatable bonds is 10. The number of fused-ring (bicyclic) bond motifs is 2. The summed E-state index contributed by atoms with van der Waals surface area (Å²) >= 11 is 9.63. The van der Waals surface area contributed by atoms with Crippen LogP contribution in [0.4, 0.5) is 16.2 Å². The van der Waals surface area contributed by atoms with Gasteiger partial charge in [-0.05, 0) is 23.6 Å². The molecular weight excluding hydrogens is 709 g/mol. The number of H-pyrrole nitrogens is 1. The van der Waals surface area contributed by atoms with Gasteiger partial charge in [-0.15, -0.1) is 6.42 Å². The number of ether oxygens (including phenoxy) is 2. The highest BCUT2D eigenvalue weighted by Gasteiger charge is 2.52. The van der Waals surface area contributed by atoms with Crippen LogP contribution in [0.5, 0.6) is 0 Å². The molecule has 0 saturated carbocycles. The molecule has 0 radical (unpaired) electrons. The number of imidazole rings is 2. The summed E-state index contributed by atoms with van der Waals surface area (Å²) in [6.07, 6.45) is -0.109. The average Bonchev–Trinajstić information content (AvgIpc) is 3.76. The Bertz CT molecular complexity index is 2040. The van der Waals surface area contributed by atoms with Crippen LogP contribution in [0.25, 0.3) is 22.3 Å². The highest BCUT2D eigenvalue weighted by Crippen LogP contribution is 2.52. The highest BCUT2D eigenvalue weighted by molar-refractivity contribution is 8.07. The number of nitrogen functional groups attached to an aromatic ring is 2. The van der Waals surface area contributed by atoms with E-state index in [0.29, 0.717) is 0 Å². The second kappa shape index (κ2) is 12.4. The number of aromatic nitrogens is 8. The third-order valence-corrected chi connectivity index (χ3v) is 9.59. The molecule has 0 aliphatic carbocycles. The fourth-order valence-corrected chi connectivity index (χ4v) is 7.10. The molecule has 25 heteroatoms. The van der Waals surface area contributed by atoms with Crippen molar-refractivity contribution in [1.29, 1.82) is 0 Å². The van der Waals surface area contributed by atoms with E-state index in [1.807, 2.05) is 0 Å².